The molecule has 8 nitrogen and oxygen atoms in total. The summed E-state index contributed by atoms with van der Waals surface area (Å²) in [5.74, 6) is -0.0663. The molecule has 26 heavy (non-hydrogen) atoms. The lowest BCUT2D eigenvalue weighted by Crippen LogP contribution is -2.35. The van der Waals surface area contributed by atoms with Gasteiger partial charge in [0.15, 0.2) is 0 Å². The Morgan fingerprint density at radius 2 is 1.92 bits per heavy atom. The van der Waals surface area contributed by atoms with E-state index in [1.165, 1.54) is 18.2 Å². The highest BCUT2D eigenvalue weighted by atomic mass is 35.5. The van der Waals surface area contributed by atoms with Gasteiger partial charge in [-0.2, -0.15) is 5.11 Å². The maximum atomic E-state index is 11.5. The van der Waals surface area contributed by atoms with Gasteiger partial charge in [0, 0.05) is 31.4 Å². The van der Waals surface area contributed by atoms with Crippen LogP contribution in [0, 0.1) is 10.1 Å². The van der Waals surface area contributed by atoms with Crippen molar-refractivity contribution in [2.24, 2.45) is 10.2 Å². The summed E-state index contributed by atoms with van der Waals surface area (Å²) in [6, 6.07) is 11.2. The zero-order chi connectivity index (χ0) is 19.1. The number of likely N-dealkylation sites (N-methyl/N-ethyl adjacent to an activating group) is 2. The van der Waals surface area contributed by atoms with E-state index >= 15 is 0 Å². The maximum Gasteiger partial charge on any atom is 0.271 e. The van der Waals surface area contributed by atoms with Crippen LogP contribution in [0.3, 0.4) is 0 Å². The average Bonchev–Trinajstić information content (AvgIpc) is 2.65. The number of non-ortho nitro benzene ring substituents is 1. The van der Waals surface area contributed by atoms with Gasteiger partial charge in [-0.05, 0) is 37.3 Å². The molecule has 136 valence electrons. The second kappa shape index (κ2) is 8.91. The number of nitrogens with zero attached hydrogens (tertiary/aromatic N) is 4. The van der Waals surface area contributed by atoms with E-state index in [0.717, 1.165) is 5.69 Å². The lowest BCUT2D eigenvalue weighted by Gasteiger charge is -2.22. The summed E-state index contributed by atoms with van der Waals surface area (Å²) in [6.07, 6.45) is 0. The molecule has 0 saturated carbocycles. The fraction of sp³-hybridized carbons (Fsp3) is 0.235. The molecule has 0 saturated heterocycles. The minimum atomic E-state index is -0.524. The second-order valence-electron chi connectivity index (χ2n) is 5.30. The number of carbonyl (C=O) groups excluding carboxylic acids is 1. The van der Waals surface area contributed by atoms with E-state index in [-0.39, 0.29) is 23.2 Å². The molecule has 1 N–H and O–H groups in total. The molecule has 0 aliphatic carbocycles. The first-order chi connectivity index (χ1) is 12.4. The van der Waals surface area contributed by atoms with Crippen LogP contribution in [0.4, 0.5) is 22.7 Å². The summed E-state index contributed by atoms with van der Waals surface area (Å²) in [5.41, 5.74) is 1.73. The Bertz CT molecular complexity index is 824. The van der Waals surface area contributed by atoms with E-state index in [4.69, 9.17) is 11.6 Å². The van der Waals surface area contributed by atoms with Crippen molar-refractivity contribution in [2.75, 3.05) is 25.0 Å². The smallest absolute Gasteiger partial charge is 0.271 e. The van der Waals surface area contributed by atoms with Gasteiger partial charge < -0.3 is 10.2 Å². The van der Waals surface area contributed by atoms with E-state index in [2.05, 4.69) is 15.5 Å². The fourth-order valence-electron chi connectivity index (χ4n) is 2.17. The van der Waals surface area contributed by atoms with Crippen molar-refractivity contribution in [1.82, 2.24) is 5.32 Å². The van der Waals surface area contributed by atoms with Gasteiger partial charge in [0.1, 0.15) is 5.69 Å². The second-order valence-corrected chi connectivity index (χ2v) is 5.70. The van der Waals surface area contributed by atoms with Crippen LogP contribution in [0.5, 0.6) is 0 Å². The largest absolute Gasteiger partial charge is 0.363 e. The number of benzene rings is 2. The minimum Gasteiger partial charge on any atom is -0.363 e. The molecule has 0 unspecified atom stereocenters. The number of azo groups is 1. The zero-order valence-corrected chi connectivity index (χ0v) is 15.1. The van der Waals surface area contributed by atoms with Crippen LogP contribution in [0.1, 0.15) is 6.92 Å². The molecular weight excluding hydrogens is 358 g/mol. The predicted octanol–water partition coefficient (Wildman–Crippen LogP) is 4.24. The zero-order valence-electron chi connectivity index (χ0n) is 14.3. The van der Waals surface area contributed by atoms with Crippen LogP contribution in [0.15, 0.2) is 52.7 Å². The molecule has 0 heterocycles. The molecule has 9 heteroatoms. The Kier molecular flexibility index (Phi) is 6.62. The standard InChI is InChI=1S/C17H18ClN5O3/c1-3-22(11-17(24)19-2)13-6-4-12(5-7-13)20-21-16-9-8-14(23(25)26)10-15(16)18/h4-10H,3,11H2,1-2H3,(H,19,24). The van der Waals surface area contributed by atoms with E-state index < -0.39 is 4.92 Å². The molecule has 0 fully saturated rings. The lowest BCUT2D eigenvalue weighted by molar-refractivity contribution is -0.384. The number of carbonyl (C=O) groups is 1. The molecule has 0 atom stereocenters. The summed E-state index contributed by atoms with van der Waals surface area (Å²) in [5, 5.41) is 21.6. The Morgan fingerprint density at radius 1 is 1.23 bits per heavy atom. The van der Waals surface area contributed by atoms with Crippen LogP contribution in [0.25, 0.3) is 0 Å². The lowest BCUT2D eigenvalue weighted by atomic mass is 10.2. The molecule has 1 amide bonds. The van der Waals surface area contributed by atoms with E-state index in [0.29, 0.717) is 17.9 Å². The van der Waals surface area contributed by atoms with Gasteiger partial charge in [0.25, 0.3) is 5.69 Å². The molecule has 0 aliphatic heterocycles. The molecule has 0 radical (unpaired) electrons. The van der Waals surface area contributed by atoms with Crippen LogP contribution in [-0.2, 0) is 4.79 Å². The number of hydrogen-bond donors (Lipinski definition) is 1. The van der Waals surface area contributed by atoms with Gasteiger partial charge in [-0.25, -0.2) is 0 Å². The third-order valence-electron chi connectivity index (χ3n) is 3.63. The van der Waals surface area contributed by atoms with Gasteiger partial charge in [-0.3, -0.25) is 14.9 Å². The van der Waals surface area contributed by atoms with Crippen LogP contribution in [-0.4, -0.2) is 31.0 Å². The maximum absolute atomic E-state index is 11.5. The molecule has 2 aromatic rings. The first-order valence-electron chi connectivity index (χ1n) is 7.86. The number of hydrogen-bond acceptors (Lipinski definition) is 6. The molecule has 0 spiro atoms. The van der Waals surface area contributed by atoms with E-state index in [9.17, 15) is 14.9 Å². The van der Waals surface area contributed by atoms with Gasteiger partial charge >= 0.3 is 0 Å². The van der Waals surface area contributed by atoms with Crippen molar-refractivity contribution in [2.45, 2.75) is 6.92 Å². The van der Waals surface area contributed by atoms with Crippen molar-refractivity contribution in [3.8, 4) is 0 Å². The van der Waals surface area contributed by atoms with Gasteiger partial charge in [-0.1, -0.05) is 11.6 Å². The predicted molar refractivity (Wildman–Crippen MR) is 101 cm³/mol. The number of nitrogens with one attached hydrogen (secondary N) is 1. The van der Waals surface area contributed by atoms with Gasteiger partial charge in [-0.15, -0.1) is 5.11 Å². The third kappa shape index (κ3) is 5.00. The minimum absolute atomic E-state index is 0.0663. The highest BCUT2D eigenvalue weighted by Crippen LogP contribution is 2.30. The van der Waals surface area contributed by atoms with Crippen LogP contribution in [0.2, 0.25) is 5.02 Å². The number of halogens is 1. The van der Waals surface area contributed by atoms with Gasteiger partial charge in [0.05, 0.1) is 22.2 Å². The summed E-state index contributed by atoms with van der Waals surface area (Å²) in [4.78, 5) is 23.6. The first kappa shape index (κ1) is 19.3. The quantitative estimate of drug-likeness (QED) is 0.444. The molecule has 0 bridgehead atoms. The van der Waals surface area contributed by atoms with Crippen molar-refractivity contribution in [1.29, 1.82) is 0 Å². The number of nitro groups is 1. The highest BCUT2D eigenvalue weighted by molar-refractivity contribution is 6.33. The number of rotatable bonds is 7. The highest BCUT2D eigenvalue weighted by Gasteiger charge is 2.10. The summed E-state index contributed by atoms with van der Waals surface area (Å²) < 4.78 is 0. The normalized spacial score (nSPS) is 10.7. The summed E-state index contributed by atoms with van der Waals surface area (Å²) in [7, 11) is 1.60. The van der Waals surface area contributed by atoms with Gasteiger partial charge in [0.2, 0.25) is 5.91 Å². The Hall–Kier alpha value is -3.00. The molecular formula is C17H18ClN5O3. The van der Waals surface area contributed by atoms with Crippen molar-refractivity contribution in [3.63, 3.8) is 0 Å². The Morgan fingerprint density at radius 3 is 2.46 bits per heavy atom. The Balaban J connectivity index is 2.12. The number of anilines is 1. The first-order valence-corrected chi connectivity index (χ1v) is 8.23. The van der Waals surface area contributed by atoms with E-state index in [1.807, 2.05) is 24.0 Å². The van der Waals surface area contributed by atoms with Crippen molar-refractivity contribution in [3.05, 3.63) is 57.6 Å². The average molecular weight is 376 g/mol. The Labute approximate surface area is 155 Å². The van der Waals surface area contributed by atoms with Crippen molar-refractivity contribution < 1.29 is 9.72 Å². The molecule has 2 rings (SSSR count). The fourth-order valence-corrected chi connectivity index (χ4v) is 2.38. The van der Waals surface area contributed by atoms with Crippen LogP contribution >= 0.6 is 11.6 Å². The van der Waals surface area contributed by atoms with Crippen LogP contribution < -0.4 is 10.2 Å². The summed E-state index contributed by atoms with van der Waals surface area (Å²) >= 11 is 5.98. The SMILES string of the molecule is CCN(CC(=O)NC)c1ccc(N=Nc2ccc([N+](=O)[O-])cc2Cl)cc1. The molecule has 0 aromatic heterocycles. The molecule has 2 aromatic carbocycles. The van der Waals surface area contributed by atoms with Crippen molar-refractivity contribution >= 4 is 40.3 Å². The van der Waals surface area contributed by atoms with E-state index in [1.54, 1.807) is 19.2 Å². The molecule has 0 aliphatic rings. The number of nitro benzene ring substituents is 1. The topological polar surface area (TPSA) is 100 Å². The number of amides is 1. The third-order valence-corrected chi connectivity index (χ3v) is 3.93. The monoisotopic (exact) mass is 375 g/mol. The summed E-state index contributed by atoms with van der Waals surface area (Å²) in [6.45, 7) is 2.92.